The molecule has 0 saturated heterocycles. The molecule has 0 aromatic heterocycles. The zero-order valence-corrected chi connectivity index (χ0v) is 10.1. The van der Waals surface area contributed by atoms with E-state index in [1.54, 1.807) is 0 Å². The van der Waals surface area contributed by atoms with Crippen molar-refractivity contribution in [3.63, 3.8) is 0 Å². The highest BCUT2D eigenvalue weighted by atomic mass is 127. The number of hydrogen-bond donors (Lipinski definition) is 1. The van der Waals surface area contributed by atoms with Crippen molar-refractivity contribution < 1.29 is 4.79 Å². The fourth-order valence-electron chi connectivity index (χ4n) is 0.999. The summed E-state index contributed by atoms with van der Waals surface area (Å²) in [7, 11) is 0. The number of amides is 1. The zero-order chi connectivity index (χ0) is 10.4. The van der Waals surface area contributed by atoms with Crippen LogP contribution in [0.4, 0.5) is 0 Å². The van der Waals surface area contributed by atoms with E-state index in [1.807, 2.05) is 30.4 Å². The normalized spacial score (nSPS) is 10.4. The number of hydrogen-bond acceptors (Lipinski definition) is 1. The van der Waals surface area contributed by atoms with Crippen molar-refractivity contribution >= 4 is 34.6 Å². The van der Waals surface area contributed by atoms with Gasteiger partial charge in [-0.1, -0.05) is 30.4 Å². The molecule has 74 valence electrons. The largest absolute Gasteiger partial charge is 0.353 e. The molecule has 1 aromatic rings. The van der Waals surface area contributed by atoms with Crippen molar-refractivity contribution in [2.45, 2.75) is 6.92 Å². The predicted octanol–water partition coefficient (Wildman–Crippen LogP) is 2.44. The molecular formula is C11H12INO. The van der Waals surface area contributed by atoms with E-state index >= 15 is 0 Å². The van der Waals surface area contributed by atoms with Crippen LogP contribution in [0.1, 0.15) is 12.5 Å². The van der Waals surface area contributed by atoms with Crippen molar-refractivity contribution in [3.05, 3.63) is 39.5 Å². The van der Waals surface area contributed by atoms with Crippen LogP contribution in [0, 0.1) is 3.57 Å². The van der Waals surface area contributed by atoms with Gasteiger partial charge < -0.3 is 5.32 Å². The molecule has 2 nitrogen and oxygen atoms in total. The van der Waals surface area contributed by atoms with Crippen LogP contribution in [0.3, 0.4) is 0 Å². The molecule has 3 heteroatoms. The van der Waals surface area contributed by atoms with Gasteiger partial charge in [0.25, 0.3) is 0 Å². The minimum atomic E-state index is -0.00240. The van der Waals surface area contributed by atoms with Gasteiger partial charge in [0.15, 0.2) is 0 Å². The maximum atomic E-state index is 10.6. The van der Waals surface area contributed by atoms with Crippen LogP contribution in [-0.4, -0.2) is 12.5 Å². The van der Waals surface area contributed by atoms with E-state index in [0.29, 0.717) is 6.54 Å². The molecule has 0 atom stereocenters. The number of rotatable bonds is 3. The Balaban J connectivity index is 2.52. The molecule has 0 bridgehead atoms. The Hall–Kier alpha value is -0.840. The summed E-state index contributed by atoms with van der Waals surface area (Å²) in [6, 6.07) is 8.11. The van der Waals surface area contributed by atoms with E-state index < -0.39 is 0 Å². The van der Waals surface area contributed by atoms with Crippen LogP contribution in [0.2, 0.25) is 0 Å². The van der Waals surface area contributed by atoms with Crippen molar-refractivity contribution in [1.82, 2.24) is 5.32 Å². The van der Waals surface area contributed by atoms with Gasteiger partial charge >= 0.3 is 0 Å². The SMILES string of the molecule is CC(=O)NCC=Cc1ccccc1I. The fraction of sp³-hybridized carbons (Fsp3) is 0.182. The van der Waals surface area contributed by atoms with E-state index in [1.165, 1.54) is 16.1 Å². The maximum Gasteiger partial charge on any atom is 0.217 e. The Morgan fingerprint density at radius 2 is 2.21 bits per heavy atom. The lowest BCUT2D eigenvalue weighted by Crippen LogP contribution is -2.19. The van der Waals surface area contributed by atoms with Gasteiger partial charge in [-0.25, -0.2) is 0 Å². The highest BCUT2D eigenvalue weighted by Crippen LogP contribution is 2.12. The summed E-state index contributed by atoms with van der Waals surface area (Å²) in [5.74, 6) is -0.00240. The van der Waals surface area contributed by atoms with E-state index in [4.69, 9.17) is 0 Å². The third-order valence-electron chi connectivity index (χ3n) is 1.67. The number of halogens is 1. The van der Waals surface area contributed by atoms with Crippen molar-refractivity contribution in [3.8, 4) is 0 Å². The molecule has 1 rings (SSSR count). The molecule has 0 saturated carbocycles. The Morgan fingerprint density at radius 3 is 2.86 bits per heavy atom. The first kappa shape index (κ1) is 11.2. The minimum Gasteiger partial charge on any atom is -0.353 e. The van der Waals surface area contributed by atoms with Gasteiger partial charge in [-0.2, -0.15) is 0 Å². The summed E-state index contributed by atoms with van der Waals surface area (Å²) in [5.41, 5.74) is 1.18. The molecule has 0 radical (unpaired) electrons. The second-order valence-electron chi connectivity index (χ2n) is 2.86. The average Bonchev–Trinajstić information content (AvgIpc) is 2.15. The lowest BCUT2D eigenvalue weighted by molar-refractivity contribution is -0.118. The van der Waals surface area contributed by atoms with Gasteiger partial charge in [-0.3, -0.25) is 4.79 Å². The van der Waals surface area contributed by atoms with Crippen LogP contribution >= 0.6 is 22.6 Å². The lowest BCUT2D eigenvalue weighted by atomic mass is 10.2. The van der Waals surface area contributed by atoms with Crippen molar-refractivity contribution in [2.75, 3.05) is 6.54 Å². The third-order valence-corrected chi connectivity index (χ3v) is 2.65. The standard InChI is InChI=1S/C11H12INO/c1-9(14)13-8-4-6-10-5-2-3-7-11(10)12/h2-7H,8H2,1H3,(H,13,14). The molecule has 0 spiro atoms. The van der Waals surface area contributed by atoms with Crippen molar-refractivity contribution in [2.24, 2.45) is 0 Å². The average molecular weight is 301 g/mol. The summed E-state index contributed by atoms with van der Waals surface area (Å²) in [6.07, 6.45) is 3.95. The topological polar surface area (TPSA) is 29.1 Å². The molecule has 1 N–H and O–H groups in total. The molecule has 1 amide bonds. The highest BCUT2D eigenvalue weighted by molar-refractivity contribution is 14.1. The Labute approximate surface area is 97.5 Å². The fourth-order valence-corrected chi connectivity index (χ4v) is 1.57. The van der Waals surface area contributed by atoms with E-state index in [-0.39, 0.29) is 5.91 Å². The van der Waals surface area contributed by atoms with Crippen molar-refractivity contribution in [1.29, 1.82) is 0 Å². The molecule has 0 aliphatic carbocycles. The van der Waals surface area contributed by atoms with Gasteiger partial charge in [-0.05, 0) is 34.2 Å². The van der Waals surface area contributed by atoms with Crippen LogP contribution in [-0.2, 0) is 4.79 Å². The van der Waals surface area contributed by atoms with E-state index in [9.17, 15) is 4.79 Å². The van der Waals surface area contributed by atoms with Crippen LogP contribution in [0.5, 0.6) is 0 Å². The van der Waals surface area contributed by atoms with Gasteiger partial charge in [-0.15, -0.1) is 0 Å². The first-order valence-electron chi connectivity index (χ1n) is 4.35. The second kappa shape index (κ2) is 5.80. The molecule has 0 unspecified atom stereocenters. The van der Waals surface area contributed by atoms with Crippen LogP contribution in [0.25, 0.3) is 6.08 Å². The molecule has 1 aromatic carbocycles. The summed E-state index contributed by atoms with van der Waals surface area (Å²) < 4.78 is 1.21. The molecule has 0 aliphatic heterocycles. The second-order valence-corrected chi connectivity index (χ2v) is 4.02. The third kappa shape index (κ3) is 3.91. The Morgan fingerprint density at radius 1 is 1.50 bits per heavy atom. The predicted molar refractivity (Wildman–Crippen MR) is 66.9 cm³/mol. The summed E-state index contributed by atoms with van der Waals surface area (Å²) >= 11 is 2.29. The maximum absolute atomic E-state index is 10.6. The summed E-state index contributed by atoms with van der Waals surface area (Å²) in [6.45, 7) is 2.10. The van der Waals surface area contributed by atoms with E-state index in [2.05, 4.69) is 34.0 Å². The van der Waals surface area contributed by atoms with Gasteiger partial charge in [0.05, 0.1) is 0 Å². The number of benzene rings is 1. The first-order chi connectivity index (χ1) is 6.70. The lowest BCUT2D eigenvalue weighted by Gasteiger charge is -1.97. The molecule has 0 fully saturated rings. The van der Waals surface area contributed by atoms with Gasteiger partial charge in [0, 0.05) is 17.0 Å². The number of nitrogens with one attached hydrogen (secondary N) is 1. The minimum absolute atomic E-state index is 0.00240. The number of carbonyl (C=O) groups is 1. The quantitative estimate of drug-likeness (QED) is 0.854. The smallest absolute Gasteiger partial charge is 0.217 e. The Bertz CT molecular complexity index is 347. The summed E-state index contributed by atoms with van der Waals surface area (Å²) in [5, 5.41) is 2.71. The molecule has 14 heavy (non-hydrogen) atoms. The number of carbonyl (C=O) groups excluding carboxylic acids is 1. The summed E-state index contributed by atoms with van der Waals surface area (Å²) in [4.78, 5) is 10.6. The van der Waals surface area contributed by atoms with Crippen LogP contribution in [0.15, 0.2) is 30.3 Å². The molecule has 0 heterocycles. The van der Waals surface area contributed by atoms with E-state index in [0.717, 1.165) is 0 Å². The molecular weight excluding hydrogens is 289 g/mol. The Kier molecular flexibility index (Phi) is 4.65. The van der Waals surface area contributed by atoms with Gasteiger partial charge in [0.2, 0.25) is 5.91 Å². The first-order valence-corrected chi connectivity index (χ1v) is 5.43. The van der Waals surface area contributed by atoms with Crippen LogP contribution < -0.4 is 5.32 Å². The molecule has 0 aliphatic rings. The monoisotopic (exact) mass is 301 g/mol. The van der Waals surface area contributed by atoms with Gasteiger partial charge in [0.1, 0.15) is 0 Å². The zero-order valence-electron chi connectivity index (χ0n) is 7.96. The highest BCUT2D eigenvalue weighted by Gasteiger charge is 1.91.